The maximum absolute atomic E-state index is 5.81. The highest BCUT2D eigenvalue weighted by molar-refractivity contribution is 7.80. The molecule has 0 aliphatic carbocycles. The van der Waals surface area contributed by atoms with Crippen LogP contribution in [0.2, 0.25) is 0 Å². The topological polar surface area (TPSA) is 47.7 Å². The second kappa shape index (κ2) is 8.32. The van der Waals surface area contributed by atoms with Gasteiger partial charge in [0.15, 0.2) is 0 Å². The van der Waals surface area contributed by atoms with Crippen LogP contribution in [-0.2, 0) is 4.74 Å². The van der Waals surface area contributed by atoms with Crippen LogP contribution < -0.4 is 10.5 Å². The predicted octanol–water partition coefficient (Wildman–Crippen LogP) is 2.06. The van der Waals surface area contributed by atoms with Gasteiger partial charge in [0.2, 0.25) is 0 Å². The third-order valence-electron chi connectivity index (χ3n) is 3.80. The van der Waals surface area contributed by atoms with Crippen molar-refractivity contribution in [2.24, 2.45) is 11.7 Å². The highest BCUT2D eigenvalue weighted by Gasteiger charge is 2.19. The SMILES string of the molecule is COCC1CCCN(CCOc2cccc(C(N)=S)c2)C1. The molecule has 1 aromatic carbocycles. The van der Waals surface area contributed by atoms with Gasteiger partial charge in [-0.2, -0.15) is 0 Å². The van der Waals surface area contributed by atoms with Crippen molar-refractivity contribution < 1.29 is 9.47 Å². The van der Waals surface area contributed by atoms with Gasteiger partial charge in [0, 0.05) is 25.8 Å². The second-order valence-electron chi connectivity index (χ2n) is 5.50. The summed E-state index contributed by atoms with van der Waals surface area (Å²) in [5, 5.41) is 0. The molecule has 0 radical (unpaired) electrons. The molecule has 0 amide bonds. The predicted molar refractivity (Wildman–Crippen MR) is 88.9 cm³/mol. The van der Waals surface area contributed by atoms with Crippen molar-refractivity contribution >= 4 is 17.2 Å². The molecule has 5 heteroatoms. The molecule has 1 heterocycles. The number of ether oxygens (including phenoxy) is 2. The summed E-state index contributed by atoms with van der Waals surface area (Å²) in [6.07, 6.45) is 2.51. The first-order chi connectivity index (χ1) is 10.2. The largest absolute Gasteiger partial charge is 0.492 e. The van der Waals surface area contributed by atoms with Gasteiger partial charge in [-0.25, -0.2) is 0 Å². The van der Waals surface area contributed by atoms with Gasteiger partial charge in [-0.05, 0) is 37.4 Å². The highest BCUT2D eigenvalue weighted by atomic mass is 32.1. The van der Waals surface area contributed by atoms with E-state index in [0.29, 0.717) is 17.5 Å². The average Bonchev–Trinajstić information content (AvgIpc) is 2.48. The number of methoxy groups -OCH3 is 1. The number of benzene rings is 1. The lowest BCUT2D eigenvalue weighted by Crippen LogP contribution is -2.39. The summed E-state index contributed by atoms with van der Waals surface area (Å²) < 4.78 is 11.1. The van der Waals surface area contributed by atoms with Crippen LogP contribution in [0.4, 0.5) is 0 Å². The second-order valence-corrected chi connectivity index (χ2v) is 5.94. The van der Waals surface area contributed by atoms with E-state index < -0.39 is 0 Å². The van der Waals surface area contributed by atoms with Crippen LogP contribution in [0.1, 0.15) is 18.4 Å². The molecule has 2 N–H and O–H groups in total. The van der Waals surface area contributed by atoms with Crippen molar-refractivity contribution in [3.05, 3.63) is 29.8 Å². The van der Waals surface area contributed by atoms with E-state index in [2.05, 4.69) is 4.90 Å². The number of thiocarbonyl (C=S) groups is 1. The monoisotopic (exact) mass is 308 g/mol. The molecule has 1 saturated heterocycles. The standard InChI is InChI=1S/C16H24N2O2S/c1-19-12-13-4-3-7-18(11-13)8-9-20-15-6-2-5-14(10-15)16(17)21/h2,5-6,10,13H,3-4,7-9,11-12H2,1H3,(H2,17,21). The van der Waals surface area contributed by atoms with Crippen molar-refractivity contribution in [2.75, 3.05) is 40.0 Å². The number of piperidine rings is 1. The third-order valence-corrected chi connectivity index (χ3v) is 4.04. The minimum atomic E-state index is 0.402. The Morgan fingerprint density at radius 2 is 2.33 bits per heavy atom. The van der Waals surface area contributed by atoms with Crippen molar-refractivity contribution in [3.63, 3.8) is 0 Å². The first-order valence-corrected chi connectivity index (χ1v) is 7.84. The zero-order valence-electron chi connectivity index (χ0n) is 12.6. The Labute approximate surface area is 132 Å². The lowest BCUT2D eigenvalue weighted by Gasteiger charge is -2.32. The lowest BCUT2D eigenvalue weighted by molar-refractivity contribution is 0.0832. The zero-order chi connectivity index (χ0) is 15.1. The molecule has 1 fully saturated rings. The smallest absolute Gasteiger partial charge is 0.120 e. The molecule has 0 saturated carbocycles. The average molecular weight is 308 g/mol. The summed E-state index contributed by atoms with van der Waals surface area (Å²) in [5.74, 6) is 1.48. The summed E-state index contributed by atoms with van der Waals surface area (Å²) in [5.41, 5.74) is 6.48. The molecule has 1 aromatic rings. The molecular weight excluding hydrogens is 284 g/mol. The minimum absolute atomic E-state index is 0.402. The van der Waals surface area contributed by atoms with E-state index in [0.717, 1.165) is 37.6 Å². The quantitative estimate of drug-likeness (QED) is 0.781. The Morgan fingerprint density at radius 3 is 3.10 bits per heavy atom. The van der Waals surface area contributed by atoms with Crippen LogP contribution >= 0.6 is 12.2 Å². The Hall–Kier alpha value is -1.17. The van der Waals surface area contributed by atoms with Crippen molar-refractivity contribution in [3.8, 4) is 5.75 Å². The van der Waals surface area contributed by atoms with Gasteiger partial charge in [0.05, 0.1) is 6.61 Å². The van der Waals surface area contributed by atoms with Crippen LogP contribution in [0.5, 0.6) is 5.75 Å². The molecule has 116 valence electrons. The number of likely N-dealkylation sites (tertiary alicyclic amines) is 1. The van der Waals surface area contributed by atoms with E-state index in [-0.39, 0.29) is 0 Å². The maximum Gasteiger partial charge on any atom is 0.120 e. The lowest BCUT2D eigenvalue weighted by atomic mass is 9.99. The Kier molecular flexibility index (Phi) is 6.42. The van der Waals surface area contributed by atoms with E-state index in [1.165, 1.54) is 12.8 Å². The van der Waals surface area contributed by atoms with Gasteiger partial charge in [-0.1, -0.05) is 24.4 Å². The van der Waals surface area contributed by atoms with E-state index in [1.54, 1.807) is 7.11 Å². The van der Waals surface area contributed by atoms with Gasteiger partial charge in [-0.3, -0.25) is 4.90 Å². The van der Waals surface area contributed by atoms with Gasteiger partial charge in [0.1, 0.15) is 17.3 Å². The summed E-state index contributed by atoms with van der Waals surface area (Å²) in [6.45, 7) is 4.73. The van der Waals surface area contributed by atoms with Crippen LogP contribution in [0.25, 0.3) is 0 Å². The Morgan fingerprint density at radius 1 is 1.48 bits per heavy atom. The number of hydrogen-bond acceptors (Lipinski definition) is 4. The first kappa shape index (κ1) is 16.2. The fourth-order valence-electron chi connectivity index (χ4n) is 2.76. The molecule has 21 heavy (non-hydrogen) atoms. The Balaban J connectivity index is 1.76. The molecule has 0 spiro atoms. The van der Waals surface area contributed by atoms with E-state index in [9.17, 15) is 0 Å². The summed E-state index contributed by atoms with van der Waals surface area (Å²) in [7, 11) is 1.77. The van der Waals surface area contributed by atoms with Gasteiger partial charge in [-0.15, -0.1) is 0 Å². The molecular formula is C16H24N2O2S. The summed E-state index contributed by atoms with van der Waals surface area (Å²) in [4.78, 5) is 2.85. The van der Waals surface area contributed by atoms with Crippen LogP contribution in [0.3, 0.4) is 0 Å². The van der Waals surface area contributed by atoms with Crippen LogP contribution in [-0.4, -0.2) is 49.8 Å². The van der Waals surface area contributed by atoms with Gasteiger partial charge < -0.3 is 15.2 Å². The number of nitrogens with two attached hydrogens (primary N) is 1. The Bertz CT molecular complexity index is 465. The van der Waals surface area contributed by atoms with Crippen molar-refractivity contribution in [1.29, 1.82) is 0 Å². The number of nitrogens with zero attached hydrogens (tertiary/aromatic N) is 1. The van der Waals surface area contributed by atoms with Gasteiger partial charge >= 0.3 is 0 Å². The van der Waals surface area contributed by atoms with Crippen LogP contribution in [0.15, 0.2) is 24.3 Å². The first-order valence-electron chi connectivity index (χ1n) is 7.43. The summed E-state index contributed by atoms with van der Waals surface area (Å²) >= 11 is 4.98. The molecule has 0 bridgehead atoms. The fraction of sp³-hybridized carbons (Fsp3) is 0.562. The maximum atomic E-state index is 5.81. The van der Waals surface area contributed by atoms with Crippen molar-refractivity contribution in [2.45, 2.75) is 12.8 Å². The van der Waals surface area contributed by atoms with E-state index in [4.69, 9.17) is 27.4 Å². The molecule has 1 atom stereocenters. The van der Waals surface area contributed by atoms with E-state index in [1.807, 2.05) is 24.3 Å². The fourth-order valence-corrected chi connectivity index (χ4v) is 2.88. The normalized spacial score (nSPS) is 19.4. The third kappa shape index (κ3) is 5.26. The molecule has 1 aliphatic heterocycles. The summed E-state index contributed by atoms with van der Waals surface area (Å²) in [6, 6.07) is 7.65. The molecule has 4 nitrogen and oxygen atoms in total. The molecule has 1 unspecified atom stereocenters. The van der Waals surface area contributed by atoms with Crippen LogP contribution in [0, 0.1) is 5.92 Å². The zero-order valence-corrected chi connectivity index (χ0v) is 13.4. The molecule has 0 aromatic heterocycles. The highest BCUT2D eigenvalue weighted by Crippen LogP contribution is 2.17. The molecule has 2 rings (SSSR count). The number of hydrogen-bond donors (Lipinski definition) is 1. The van der Waals surface area contributed by atoms with Crippen molar-refractivity contribution in [1.82, 2.24) is 4.90 Å². The van der Waals surface area contributed by atoms with E-state index >= 15 is 0 Å². The van der Waals surface area contributed by atoms with Gasteiger partial charge in [0.25, 0.3) is 0 Å². The minimum Gasteiger partial charge on any atom is -0.492 e. The number of rotatable bonds is 7. The molecule has 1 aliphatic rings.